The first-order valence-corrected chi connectivity index (χ1v) is 11.8. The van der Waals surface area contributed by atoms with Crippen LogP contribution in [0.5, 0.6) is 11.5 Å². The van der Waals surface area contributed by atoms with Crippen molar-refractivity contribution in [2.45, 2.75) is 38.6 Å². The van der Waals surface area contributed by atoms with Crippen molar-refractivity contribution in [2.75, 3.05) is 13.1 Å². The predicted octanol–water partition coefficient (Wildman–Crippen LogP) is 5.92. The number of nitrogens with one attached hydrogen (secondary N) is 1. The van der Waals surface area contributed by atoms with Gasteiger partial charge in [-0.15, -0.1) is 0 Å². The van der Waals surface area contributed by atoms with Gasteiger partial charge >= 0.3 is 5.97 Å². The van der Waals surface area contributed by atoms with E-state index in [1.54, 1.807) is 12.1 Å². The van der Waals surface area contributed by atoms with Crippen LogP contribution in [0.2, 0.25) is 0 Å². The van der Waals surface area contributed by atoms with Gasteiger partial charge in [0.15, 0.2) is 0 Å². The topological polar surface area (TPSA) is 61.8 Å². The van der Waals surface area contributed by atoms with E-state index in [-0.39, 0.29) is 0 Å². The Balaban J connectivity index is 1.18. The van der Waals surface area contributed by atoms with Crippen LogP contribution in [0.15, 0.2) is 78.9 Å². The monoisotopic (exact) mass is 444 g/mol. The molecular weight excluding hydrogens is 412 g/mol. The number of nitrogens with zero attached hydrogens (tertiary/aromatic N) is 1. The van der Waals surface area contributed by atoms with Crippen LogP contribution in [0.25, 0.3) is 0 Å². The average molecular weight is 445 g/mol. The molecule has 1 atom stereocenters. The zero-order valence-electron chi connectivity index (χ0n) is 19.0. The summed E-state index contributed by atoms with van der Waals surface area (Å²) >= 11 is 0. The Morgan fingerprint density at radius 3 is 2.36 bits per heavy atom. The first-order chi connectivity index (χ1) is 16.2. The number of carboxylic acids is 1. The second-order valence-corrected chi connectivity index (χ2v) is 8.75. The number of hydrogen-bond donors (Lipinski definition) is 2. The fraction of sp³-hybridized carbons (Fsp3) is 0.321. The maximum Gasteiger partial charge on any atom is 0.335 e. The highest BCUT2D eigenvalue weighted by atomic mass is 16.5. The summed E-state index contributed by atoms with van der Waals surface area (Å²) in [5.41, 5.74) is 6.41. The second-order valence-electron chi connectivity index (χ2n) is 8.75. The molecule has 0 aliphatic carbocycles. The molecule has 0 saturated carbocycles. The molecule has 1 unspecified atom stereocenters. The first kappa shape index (κ1) is 23.0. The smallest absolute Gasteiger partial charge is 0.335 e. The molecule has 0 spiro atoms. The van der Waals surface area contributed by atoms with Gasteiger partial charge in [0.1, 0.15) is 11.5 Å². The van der Waals surface area contributed by atoms with Crippen LogP contribution < -0.4 is 10.2 Å². The molecule has 1 aliphatic heterocycles. The molecule has 1 heterocycles. The zero-order valence-corrected chi connectivity index (χ0v) is 19.0. The van der Waals surface area contributed by atoms with Crippen LogP contribution in [0.3, 0.4) is 0 Å². The van der Waals surface area contributed by atoms with Gasteiger partial charge in [-0.05, 0) is 85.5 Å². The molecule has 0 radical (unpaired) electrons. The Labute approximate surface area is 196 Å². The lowest BCUT2D eigenvalue weighted by Gasteiger charge is -2.22. The standard InChI is InChI=1S/C28H32N2O3/c31-28(32)25-15-11-24(12-16-25)21-30-19-5-8-23(20-29-30)7-4-6-22-13-17-27(18-14-22)33-26-9-2-1-3-10-26/h1-3,9-18,23,29H,4-8,19-21H2,(H,31,32). The van der Waals surface area contributed by atoms with Crippen molar-refractivity contribution in [1.29, 1.82) is 0 Å². The Kier molecular flexibility index (Phi) is 8.12. The summed E-state index contributed by atoms with van der Waals surface area (Å²) < 4.78 is 5.88. The summed E-state index contributed by atoms with van der Waals surface area (Å²) in [6.45, 7) is 2.81. The van der Waals surface area contributed by atoms with Gasteiger partial charge in [-0.1, -0.05) is 42.5 Å². The molecule has 5 heteroatoms. The van der Waals surface area contributed by atoms with Gasteiger partial charge in [-0.25, -0.2) is 9.80 Å². The average Bonchev–Trinajstić information content (AvgIpc) is 3.06. The molecule has 33 heavy (non-hydrogen) atoms. The number of aromatic carboxylic acids is 1. The van der Waals surface area contributed by atoms with Gasteiger partial charge in [0.05, 0.1) is 5.56 Å². The van der Waals surface area contributed by atoms with Crippen molar-refractivity contribution in [1.82, 2.24) is 10.4 Å². The SMILES string of the molecule is O=C(O)c1ccc(CN2CCCC(CCCc3ccc(Oc4ccccc4)cc3)CN2)cc1. The number of hydrogen-bond acceptors (Lipinski definition) is 4. The molecular formula is C28H32N2O3. The van der Waals surface area contributed by atoms with Crippen molar-refractivity contribution in [3.05, 3.63) is 95.6 Å². The molecule has 3 aromatic rings. The number of carbonyl (C=O) groups is 1. The normalized spacial score (nSPS) is 16.8. The Morgan fingerprint density at radius 1 is 0.939 bits per heavy atom. The fourth-order valence-corrected chi connectivity index (χ4v) is 4.31. The van der Waals surface area contributed by atoms with Crippen molar-refractivity contribution in [3.63, 3.8) is 0 Å². The summed E-state index contributed by atoms with van der Waals surface area (Å²) in [5.74, 6) is 1.53. The number of hydrazine groups is 1. The molecule has 1 fully saturated rings. The van der Waals surface area contributed by atoms with Crippen molar-refractivity contribution in [2.24, 2.45) is 5.92 Å². The molecule has 172 valence electrons. The van der Waals surface area contributed by atoms with Crippen molar-refractivity contribution in [3.8, 4) is 11.5 Å². The predicted molar refractivity (Wildman–Crippen MR) is 130 cm³/mol. The highest BCUT2D eigenvalue weighted by Crippen LogP contribution is 2.23. The number of rotatable bonds is 9. The van der Waals surface area contributed by atoms with Crippen LogP contribution in [0.1, 0.15) is 47.2 Å². The van der Waals surface area contributed by atoms with Crippen LogP contribution in [-0.2, 0) is 13.0 Å². The third-order valence-corrected chi connectivity index (χ3v) is 6.20. The van der Waals surface area contributed by atoms with Gasteiger partial charge in [0.2, 0.25) is 0 Å². The third kappa shape index (κ3) is 7.17. The number of para-hydroxylation sites is 1. The molecule has 0 aromatic heterocycles. The largest absolute Gasteiger partial charge is 0.478 e. The van der Waals surface area contributed by atoms with Crippen LogP contribution in [0.4, 0.5) is 0 Å². The van der Waals surface area contributed by atoms with Gasteiger partial charge in [-0.2, -0.15) is 0 Å². The number of benzene rings is 3. The lowest BCUT2D eigenvalue weighted by atomic mass is 9.95. The third-order valence-electron chi connectivity index (χ3n) is 6.20. The zero-order chi connectivity index (χ0) is 22.9. The van der Waals surface area contributed by atoms with E-state index in [4.69, 9.17) is 9.84 Å². The van der Waals surface area contributed by atoms with E-state index < -0.39 is 5.97 Å². The summed E-state index contributed by atoms with van der Waals surface area (Å²) in [6, 6.07) is 25.5. The van der Waals surface area contributed by atoms with Crippen LogP contribution in [-0.4, -0.2) is 29.2 Å². The summed E-state index contributed by atoms with van der Waals surface area (Å²) in [5, 5.41) is 11.3. The van der Waals surface area contributed by atoms with Gasteiger partial charge in [0.25, 0.3) is 0 Å². The highest BCUT2D eigenvalue weighted by molar-refractivity contribution is 5.87. The first-order valence-electron chi connectivity index (χ1n) is 11.8. The molecule has 2 N–H and O–H groups in total. The van der Waals surface area contributed by atoms with Gasteiger partial charge < -0.3 is 9.84 Å². The van der Waals surface area contributed by atoms with Gasteiger partial charge in [0, 0.05) is 19.6 Å². The number of aryl methyl sites for hydroxylation is 1. The number of ether oxygens (including phenoxy) is 1. The van der Waals surface area contributed by atoms with E-state index in [1.165, 1.54) is 31.2 Å². The maximum absolute atomic E-state index is 11.0. The quantitative estimate of drug-likeness (QED) is 0.429. The van der Waals surface area contributed by atoms with E-state index in [1.807, 2.05) is 42.5 Å². The molecule has 0 bridgehead atoms. The lowest BCUT2D eigenvalue weighted by Crippen LogP contribution is -2.38. The Hall–Kier alpha value is -3.15. The van der Waals surface area contributed by atoms with Gasteiger partial charge in [-0.3, -0.25) is 5.43 Å². The molecule has 1 aliphatic rings. The molecule has 3 aromatic carbocycles. The molecule has 0 amide bonds. The van der Waals surface area contributed by atoms with Crippen molar-refractivity contribution >= 4 is 5.97 Å². The minimum Gasteiger partial charge on any atom is -0.478 e. The van der Waals surface area contributed by atoms with E-state index in [9.17, 15) is 4.79 Å². The Morgan fingerprint density at radius 2 is 1.64 bits per heavy atom. The molecule has 1 saturated heterocycles. The summed E-state index contributed by atoms with van der Waals surface area (Å²) in [6.07, 6.45) is 5.90. The Bertz CT molecular complexity index is 1000. The van der Waals surface area contributed by atoms with E-state index >= 15 is 0 Å². The fourth-order valence-electron chi connectivity index (χ4n) is 4.31. The lowest BCUT2D eigenvalue weighted by molar-refractivity contribution is 0.0697. The summed E-state index contributed by atoms with van der Waals surface area (Å²) in [7, 11) is 0. The minimum absolute atomic E-state index is 0.334. The van der Waals surface area contributed by atoms with E-state index in [0.29, 0.717) is 11.5 Å². The summed E-state index contributed by atoms with van der Waals surface area (Å²) in [4.78, 5) is 11.0. The maximum atomic E-state index is 11.0. The van der Waals surface area contributed by atoms with Crippen LogP contribution in [0, 0.1) is 5.92 Å². The highest BCUT2D eigenvalue weighted by Gasteiger charge is 2.16. The molecule has 5 nitrogen and oxygen atoms in total. The van der Waals surface area contributed by atoms with E-state index in [0.717, 1.165) is 43.1 Å². The van der Waals surface area contributed by atoms with Crippen molar-refractivity contribution < 1.29 is 14.6 Å². The van der Waals surface area contributed by atoms with E-state index in [2.05, 4.69) is 34.7 Å². The second kappa shape index (κ2) is 11.6. The minimum atomic E-state index is -0.881. The van der Waals surface area contributed by atoms with Crippen LogP contribution >= 0.6 is 0 Å². The molecule has 4 rings (SSSR count). The number of carboxylic acid groups (broad SMARTS) is 1.